The van der Waals surface area contributed by atoms with E-state index in [4.69, 9.17) is 0 Å². The Morgan fingerprint density at radius 2 is 2.36 bits per heavy atom. The topological polar surface area (TPSA) is 42.0 Å². The number of halogens is 2. The van der Waals surface area contributed by atoms with Gasteiger partial charge in [-0.1, -0.05) is 0 Å². The summed E-state index contributed by atoms with van der Waals surface area (Å²) in [6.07, 6.45) is 0.182. The van der Waals surface area contributed by atoms with Crippen molar-refractivity contribution in [2.24, 2.45) is 0 Å². The molecule has 1 heterocycles. The van der Waals surface area contributed by atoms with Crippen molar-refractivity contribution in [3.63, 3.8) is 0 Å². The number of aromatic nitrogens is 1. The van der Waals surface area contributed by atoms with Crippen molar-refractivity contribution in [3.05, 3.63) is 29.6 Å². The molecule has 0 aliphatic carbocycles. The Morgan fingerprint density at radius 1 is 1.64 bits per heavy atom. The molecule has 0 unspecified atom stereocenters. The van der Waals surface area contributed by atoms with Crippen molar-refractivity contribution >= 4 is 5.91 Å². The van der Waals surface area contributed by atoms with Crippen LogP contribution in [0, 0.1) is 6.92 Å². The summed E-state index contributed by atoms with van der Waals surface area (Å²) in [6.45, 7) is 1.91. The van der Waals surface area contributed by atoms with E-state index in [1.807, 2.05) is 6.92 Å². The second-order valence-electron chi connectivity index (χ2n) is 2.82. The van der Waals surface area contributed by atoms with Crippen molar-refractivity contribution in [1.29, 1.82) is 0 Å². The third kappa shape index (κ3) is 2.76. The Kier molecular flexibility index (Phi) is 3.50. The lowest BCUT2D eigenvalue weighted by Gasteiger charge is -2.06. The summed E-state index contributed by atoms with van der Waals surface area (Å²) < 4.78 is 23.6. The van der Waals surface area contributed by atoms with E-state index in [0.29, 0.717) is 0 Å². The van der Waals surface area contributed by atoms with Gasteiger partial charge in [-0.2, -0.15) is 8.78 Å². The Labute approximate surface area is 80.2 Å². The van der Waals surface area contributed by atoms with Crippen LogP contribution in [0.5, 0.6) is 0 Å². The second kappa shape index (κ2) is 4.64. The number of amides is 1. The molecular weight excluding hydrogens is 190 g/mol. The third-order valence-electron chi connectivity index (χ3n) is 1.80. The van der Waals surface area contributed by atoms with E-state index in [0.717, 1.165) is 11.1 Å². The molecule has 0 fully saturated rings. The van der Waals surface area contributed by atoms with E-state index >= 15 is 0 Å². The van der Waals surface area contributed by atoms with Gasteiger partial charge in [0.2, 0.25) is 0 Å². The van der Waals surface area contributed by atoms with Crippen LogP contribution in [0.15, 0.2) is 18.5 Å². The van der Waals surface area contributed by atoms with Crippen LogP contribution in [0.25, 0.3) is 0 Å². The highest BCUT2D eigenvalue weighted by atomic mass is 19.3. The van der Waals surface area contributed by atoms with Gasteiger partial charge in [0.05, 0.1) is 0 Å². The quantitative estimate of drug-likeness (QED) is 0.798. The molecule has 5 heteroatoms. The maximum Gasteiger partial charge on any atom is 0.315 e. The van der Waals surface area contributed by atoms with Gasteiger partial charge in [0.15, 0.2) is 0 Å². The minimum atomic E-state index is -2.97. The number of hydrogen-bond acceptors (Lipinski definition) is 2. The Bertz CT molecular complexity index is 328. The summed E-state index contributed by atoms with van der Waals surface area (Å²) in [5.41, 5.74) is 1.65. The minimum absolute atomic E-state index is 0.0862. The highest BCUT2D eigenvalue weighted by Gasteiger charge is 2.14. The molecular formula is C9H10F2N2O. The van der Waals surface area contributed by atoms with Gasteiger partial charge in [-0.15, -0.1) is 0 Å². The number of aryl methyl sites for hydroxylation is 1. The van der Waals surface area contributed by atoms with Crippen LogP contribution in [0.1, 0.15) is 11.1 Å². The highest BCUT2D eigenvalue weighted by Crippen LogP contribution is 2.04. The van der Waals surface area contributed by atoms with Crippen LogP contribution in [0.2, 0.25) is 0 Å². The SMILES string of the molecule is Cc1ccncc1CNC(=O)C(F)F. The zero-order chi connectivity index (χ0) is 10.6. The molecule has 1 aromatic rings. The number of hydrogen-bond donors (Lipinski definition) is 1. The first-order valence-electron chi connectivity index (χ1n) is 4.06. The van der Waals surface area contributed by atoms with Crippen LogP contribution >= 0.6 is 0 Å². The van der Waals surface area contributed by atoms with Gasteiger partial charge in [-0.05, 0) is 24.1 Å². The number of alkyl halides is 2. The average Bonchev–Trinajstić information content (AvgIpc) is 2.16. The van der Waals surface area contributed by atoms with Gasteiger partial charge in [-0.25, -0.2) is 0 Å². The fourth-order valence-corrected chi connectivity index (χ4v) is 0.941. The number of carbonyl (C=O) groups is 1. The van der Waals surface area contributed by atoms with E-state index in [-0.39, 0.29) is 6.54 Å². The third-order valence-corrected chi connectivity index (χ3v) is 1.80. The number of pyridine rings is 1. The monoisotopic (exact) mass is 200 g/mol. The number of nitrogens with zero attached hydrogens (tertiary/aromatic N) is 1. The van der Waals surface area contributed by atoms with Gasteiger partial charge in [0.1, 0.15) is 0 Å². The van der Waals surface area contributed by atoms with Gasteiger partial charge in [0, 0.05) is 18.9 Å². The smallest absolute Gasteiger partial charge is 0.315 e. The van der Waals surface area contributed by atoms with Crippen molar-refractivity contribution in [2.45, 2.75) is 19.9 Å². The van der Waals surface area contributed by atoms with Crippen LogP contribution < -0.4 is 5.32 Å². The van der Waals surface area contributed by atoms with Crippen molar-refractivity contribution < 1.29 is 13.6 Å². The largest absolute Gasteiger partial charge is 0.347 e. The Hall–Kier alpha value is -1.52. The molecule has 0 aliphatic rings. The van der Waals surface area contributed by atoms with Crippen LogP contribution in [-0.4, -0.2) is 17.3 Å². The number of carbonyl (C=O) groups excluding carboxylic acids is 1. The number of rotatable bonds is 3. The lowest BCUT2D eigenvalue weighted by atomic mass is 10.1. The first-order chi connectivity index (χ1) is 6.61. The van der Waals surface area contributed by atoms with Gasteiger partial charge in [0.25, 0.3) is 5.91 Å². The summed E-state index contributed by atoms with van der Waals surface area (Å²) >= 11 is 0. The molecule has 0 spiro atoms. The summed E-state index contributed by atoms with van der Waals surface area (Å²) in [5, 5.41) is 2.11. The van der Waals surface area contributed by atoms with Crippen molar-refractivity contribution in [3.8, 4) is 0 Å². The molecule has 0 saturated heterocycles. The lowest BCUT2D eigenvalue weighted by Crippen LogP contribution is -2.29. The minimum Gasteiger partial charge on any atom is -0.347 e. The molecule has 0 aromatic carbocycles. The molecule has 3 nitrogen and oxygen atoms in total. The maximum atomic E-state index is 11.8. The first kappa shape index (κ1) is 10.6. The molecule has 1 N–H and O–H groups in total. The van der Waals surface area contributed by atoms with Crippen molar-refractivity contribution in [1.82, 2.24) is 10.3 Å². The first-order valence-corrected chi connectivity index (χ1v) is 4.06. The highest BCUT2D eigenvalue weighted by molar-refractivity contribution is 5.79. The number of nitrogens with one attached hydrogen (secondary N) is 1. The molecule has 0 aliphatic heterocycles. The molecule has 0 radical (unpaired) electrons. The molecule has 76 valence electrons. The van der Waals surface area contributed by atoms with Crippen LogP contribution in [0.4, 0.5) is 8.78 Å². The maximum absolute atomic E-state index is 11.8. The van der Waals surface area contributed by atoms with Crippen molar-refractivity contribution in [2.75, 3.05) is 0 Å². The van der Waals surface area contributed by atoms with E-state index in [1.54, 1.807) is 18.5 Å². The van der Waals surface area contributed by atoms with E-state index < -0.39 is 12.3 Å². The van der Waals surface area contributed by atoms with Gasteiger partial charge < -0.3 is 5.32 Å². The fraction of sp³-hybridized carbons (Fsp3) is 0.333. The predicted molar refractivity (Wildman–Crippen MR) is 46.8 cm³/mol. The molecule has 14 heavy (non-hydrogen) atoms. The molecule has 0 bridgehead atoms. The summed E-state index contributed by atoms with van der Waals surface area (Å²) in [4.78, 5) is 14.4. The van der Waals surface area contributed by atoms with Crippen LogP contribution in [-0.2, 0) is 11.3 Å². The summed E-state index contributed by atoms with van der Waals surface area (Å²) in [6, 6.07) is 1.75. The van der Waals surface area contributed by atoms with E-state index in [9.17, 15) is 13.6 Å². The standard InChI is InChI=1S/C9H10F2N2O/c1-6-2-3-12-4-7(6)5-13-9(14)8(10)11/h2-4,8H,5H2,1H3,(H,13,14). The predicted octanol–water partition coefficient (Wildman–Crippen LogP) is 1.27. The molecule has 0 atom stereocenters. The van der Waals surface area contributed by atoms with Gasteiger partial charge >= 0.3 is 6.43 Å². The Balaban J connectivity index is 2.54. The normalized spacial score (nSPS) is 10.3. The molecule has 1 amide bonds. The summed E-state index contributed by atoms with van der Waals surface area (Å²) in [7, 11) is 0. The van der Waals surface area contributed by atoms with E-state index in [2.05, 4.69) is 10.3 Å². The fourth-order valence-electron chi connectivity index (χ4n) is 0.941. The Morgan fingerprint density at radius 3 is 2.93 bits per heavy atom. The lowest BCUT2D eigenvalue weighted by molar-refractivity contribution is -0.131. The zero-order valence-electron chi connectivity index (χ0n) is 7.63. The second-order valence-corrected chi connectivity index (χ2v) is 2.82. The molecule has 1 rings (SSSR count). The zero-order valence-corrected chi connectivity index (χ0v) is 7.63. The molecule has 0 saturated carbocycles. The van der Waals surface area contributed by atoms with Gasteiger partial charge in [-0.3, -0.25) is 9.78 Å². The average molecular weight is 200 g/mol. The summed E-state index contributed by atoms with van der Waals surface area (Å²) in [5.74, 6) is -1.26. The van der Waals surface area contributed by atoms with Crippen LogP contribution in [0.3, 0.4) is 0 Å². The van der Waals surface area contributed by atoms with E-state index in [1.165, 1.54) is 0 Å². The molecule has 1 aromatic heterocycles.